The van der Waals surface area contributed by atoms with Gasteiger partial charge in [-0.1, -0.05) is 24.3 Å². The molecule has 4 rings (SSSR count). The van der Waals surface area contributed by atoms with Gasteiger partial charge in [-0.25, -0.2) is 0 Å². The van der Waals surface area contributed by atoms with Gasteiger partial charge in [0.1, 0.15) is 5.69 Å². The Hall–Kier alpha value is -2.14. The van der Waals surface area contributed by atoms with Crippen LogP contribution in [0.1, 0.15) is 58.9 Å². The number of carbonyl (C=O) groups is 1. The number of piperidine rings is 1. The Bertz CT molecular complexity index is 810. The summed E-state index contributed by atoms with van der Waals surface area (Å²) < 4.78 is 0. The molecule has 1 amide bonds. The summed E-state index contributed by atoms with van der Waals surface area (Å²) in [5, 5.41) is 7.30. The van der Waals surface area contributed by atoms with Gasteiger partial charge in [0.15, 0.2) is 0 Å². The number of aromatic amines is 1. The highest BCUT2D eigenvalue weighted by molar-refractivity contribution is 5.92. The summed E-state index contributed by atoms with van der Waals surface area (Å²) in [6.45, 7) is 6.36. The van der Waals surface area contributed by atoms with Gasteiger partial charge in [0.25, 0.3) is 5.91 Å². The van der Waals surface area contributed by atoms with Crippen molar-refractivity contribution in [3.63, 3.8) is 0 Å². The third kappa shape index (κ3) is 4.64. The molecule has 0 radical (unpaired) electrons. The number of hydrogen-bond acceptors (Lipinski definition) is 3. The fraction of sp³-hybridized carbons (Fsp3) is 0.565. The number of hydrogen-bond donors (Lipinski definition) is 1. The van der Waals surface area contributed by atoms with Crippen molar-refractivity contribution in [2.45, 2.75) is 44.9 Å². The van der Waals surface area contributed by atoms with Crippen molar-refractivity contribution in [2.75, 3.05) is 33.2 Å². The molecule has 1 saturated heterocycles. The molecular formula is C23H32N4O. The Morgan fingerprint density at radius 1 is 1.29 bits per heavy atom. The molecule has 0 bridgehead atoms. The molecule has 0 spiro atoms. The molecule has 2 aliphatic rings. The first kappa shape index (κ1) is 19.2. The molecule has 5 heteroatoms. The second kappa shape index (κ2) is 8.48. The monoisotopic (exact) mass is 380 g/mol. The molecule has 5 nitrogen and oxygen atoms in total. The summed E-state index contributed by atoms with van der Waals surface area (Å²) in [6.07, 6.45) is 5.95. The van der Waals surface area contributed by atoms with Crippen LogP contribution in [0.2, 0.25) is 0 Å². The maximum atomic E-state index is 12.7. The fourth-order valence-electron chi connectivity index (χ4n) is 4.39. The van der Waals surface area contributed by atoms with E-state index in [2.05, 4.69) is 46.3 Å². The van der Waals surface area contributed by atoms with Crippen LogP contribution < -0.4 is 0 Å². The van der Waals surface area contributed by atoms with E-state index in [9.17, 15) is 4.79 Å². The third-order valence-electron chi connectivity index (χ3n) is 6.27. The maximum Gasteiger partial charge on any atom is 0.274 e. The minimum Gasteiger partial charge on any atom is -0.340 e. The number of aryl methyl sites for hydroxylation is 1. The van der Waals surface area contributed by atoms with Gasteiger partial charge in [-0.2, -0.15) is 5.10 Å². The standard InChI is InChI=1S/C23H32N4O/c1-17-6-3-4-8-19(17)11-13-27-12-5-7-18(16-27)15-26(2)23(28)22-14-21(24-25-22)20-9-10-20/h3-4,6,8,14,18,20H,5,7,9-13,15-16H2,1-2H3,(H,24,25)/t18-/m0/s1. The molecule has 2 heterocycles. The minimum absolute atomic E-state index is 0.0418. The van der Waals surface area contributed by atoms with Crippen molar-refractivity contribution >= 4 is 5.91 Å². The predicted molar refractivity (Wildman–Crippen MR) is 112 cm³/mol. The molecule has 1 aliphatic heterocycles. The molecule has 1 aliphatic carbocycles. The number of H-pyrrole nitrogens is 1. The highest BCUT2D eigenvalue weighted by Gasteiger charge is 2.28. The first-order valence-electron chi connectivity index (χ1n) is 10.7. The maximum absolute atomic E-state index is 12.7. The van der Waals surface area contributed by atoms with Crippen LogP contribution in [0, 0.1) is 12.8 Å². The van der Waals surface area contributed by atoms with Crippen molar-refractivity contribution in [1.82, 2.24) is 20.0 Å². The highest BCUT2D eigenvalue weighted by Crippen LogP contribution is 2.39. The van der Waals surface area contributed by atoms with Gasteiger partial charge >= 0.3 is 0 Å². The number of benzene rings is 1. The summed E-state index contributed by atoms with van der Waals surface area (Å²) in [5.41, 5.74) is 4.52. The minimum atomic E-state index is 0.0418. The molecule has 2 fully saturated rings. The molecule has 1 aromatic carbocycles. The number of likely N-dealkylation sites (tertiary alicyclic amines) is 1. The third-order valence-corrected chi connectivity index (χ3v) is 6.27. The van der Waals surface area contributed by atoms with Crippen LogP contribution in [0.3, 0.4) is 0 Å². The van der Waals surface area contributed by atoms with Gasteiger partial charge in [-0.05, 0) is 68.7 Å². The summed E-state index contributed by atoms with van der Waals surface area (Å²) in [7, 11) is 1.92. The quantitative estimate of drug-likeness (QED) is 0.798. The Morgan fingerprint density at radius 3 is 2.89 bits per heavy atom. The average Bonchev–Trinajstić information content (AvgIpc) is 3.44. The normalized spacial score (nSPS) is 20.3. The van der Waals surface area contributed by atoms with Gasteiger partial charge < -0.3 is 9.80 Å². The zero-order chi connectivity index (χ0) is 19.5. The van der Waals surface area contributed by atoms with E-state index in [1.54, 1.807) is 0 Å². The summed E-state index contributed by atoms with van der Waals surface area (Å²) in [4.78, 5) is 17.2. The predicted octanol–water partition coefficient (Wildman–Crippen LogP) is 3.62. The van der Waals surface area contributed by atoms with E-state index in [0.29, 0.717) is 17.5 Å². The van der Waals surface area contributed by atoms with Crippen LogP contribution in [-0.4, -0.2) is 59.1 Å². The van der Waals surface area contributed by atoms with E-state index in [1.807, 2.05) is 18.0 Å². The number of aromatic nitrogens is 2. The molecule has 1 aromatic heterocycles. The van der Waals surface area contributed by atoms with Crippen molar-refractivity contribution in [3.8, 4) is 0 Å². The molecule has 1 N–H and O–H groups in total. The number of nitrogens with zero attached hydrogens (tertiary/aromatic N) is 3. The van der Waals surface area contributed by atoms with Gasteiger partial charge in [-0.3, -0.25) is 9.89 Å². The van der Waals surface area contributed by atoms with E-state index in [4.69, 9.17) is 0 Å². The number of amides is 1. The van der Waals surface area contributed by atoms with Crippen LogP contribution >= 0.6 is 0 Å². The number of carbonyl (C=O) groups excluding carboxylic acids is 1. The first-order valence-corrected chi connectivity index (χ1v) is 10.7. The van der Waals surface area contributed by atoms with Crippen molar-refractivity contribution in [1.29, 1.82) is 0 Å². The van der Waals surface area contributed by atoms with Gasteiger partial charge in [0.05, 0.1) is 0 Å². The van der Waals surface area contributed by atoms with Crippen molar-refractivity contribution in [3.05, 3.63) is 52.8 Å². The fourth-order valence-corrected chi connectivity index (χ4v) is 4.39. The molecular weight excluding hydrogens is 348 g/mol. The van der Waals surface area contributed by atoms with E-state index >= 15 is 0 Å². The SMILES string of the molecule is Cc1ccccc1CCN1CCC[C@@H](CN(C)C(=O)c2cc(C3CC3)[nH]n2)C1. The Morgan fingerprint density at radius 2 is 2.11 bits per heavy atom. The Labute approximate surface area is 168 Å². The van der Waals surface area contributed by atoms with Crippen LogP contribution in [0.5, 0.6) is 0 Å². The van der Waals surface area contributed by atoms with Crippen molar-refractivity contribution < 1.29 is 4.79 Å². The van der Waals surface area contributed by atoms with E-state index in [0.717, 1.165) is 31.7 Å². The second-order valence-corrected chi connectivity index (χ2v) is 8.65. The molecule has 28 heavy (non-hydrogen) atoms. The van der Waals surface area contributed by atoms with E-state index in [1.165, 1.54) is 43.4 Å². The van der Waals surface area contributed by atoms with Crippen molar-refractivity contribution in [2.24, 2.45) is 5.92 Å². The highest BCUT2D eigenvalue weighted by atomic mass is 16.2. The lowest BCUT2D eigenvalue weighted by Crippen LogP contribution is -2.42. The zero-order valence-corrected chi connectivity index (χ0v) is 17.2. The zero-order valence-electron chi connectivity index (χ0n) is 17.2. The first-order chi connectivity index (χ1) is 13.6. The Kier molecular flexibility index (Phi) is 5.81. The topological polar surface area (TPSA) is 52.2 Å². The summed E-state index contributed by atoms with van der Waals surface area (Å²) in [5.74, 6) is 1.18. The van der Waals surface area contributed by atoms with Crippen LogP contribution in [0.4, 0.5) is 0 Å². The van der Waals surface area contributed by atoms with Crippen LogP contribution in [-0.2, 0) is 6.42 Å². The summed E-state index contributed by atoms with van der Waals surface area (Å²) >= 11 is 0. The second-order valence-electron chi connectivity index (χ2n) is 8.65. The lowest BCUT2D eigenvalue weighted by molar-refractivity contribution is 0.0724. The van der Waals surface area contributed by atoms with Crippen LogP contribution in [0.25, 0.3) is 0 Å². The van der Waals surface area contributed by atoms with Gasteiger partial charge in [0.2, 0.25) is 0 Å². The molecule has 2 aromatic rings. The van der Waals surface area contributed by atoms with Gasteiger partial charge in [-0.15, -0.1) is 0 Å². The largest absolute Gasteiger partial charge is 0.340 e. The van der Waals surface area contributed by atoms with E-state index in [-0.39, 0.29) is 5.91 Å². The molecule has 1 saturated carbocycles. The number of nitrogens with one attached hydrogen (secondary N) is 1. The molecule has 1 atom stereocenters. The average molecular weight is 381 g/mol. The van der Waals surface area contributed by atoms with Gasteiger partial charge in [0, 0.05) is 38.3 Å². The van der Waals surface area contributed by atoms with Crippen LogP contribution in [0.15, 0.2) is 30.3 Å². The Balaban J connectivity index is 1.27. The molecule has 0 unspecified atom stereocenters. The number of rotatable bonds is 7. The lowest BCUT2D eigenvalue weighted by Gasteiger charge is -2.34. The molecule has 150 valence electrons. The van der Waals surface area contributed by atoms with E-state index < -0.39 is 0 Å². The summed E-state index contributed by atoms with van der Waals surface area (Å²) in [6, 6.07) is 10.6. The smallest absolute Gasteiger partial charge is 0.274 e. The lowest BCUT2D eigenvalue weighted by atomic mass is 9.96.